The number of benzene rings is 2. The number of para-hydroxylation sites is 1. The van der Waals surface area contributed by atoms with Crippen molar-refractivity contribution in [3.8, 4) is 0 Å². The van der Waals surface area contributed by atoms with Crippen LogP contribution in [0.5, 0.6) is 0 Å². The molecule has 1 amide bonds. The van der Waals surface area contributed by atoms with E-state index in [1.165, 1.54) is 42.1 Å². The summed E-state index contributed by atoms with van der Waals surface area (Å²) in [7, 11) is -2.59. The summed E-state index contributed by atoms with van der Waals surface area (Å²) in [6.45, 7) is -0.405. The lowest BCUT2D eigenvalue weighted by Gasteiger charge is -2.06. The zero-order valence-corrected chi connectivity index (χ0v) is 16.5. The predicted octanol–water partition coefficient (Wildman–Crippen LogP) is 2.42. The van der Waals surface area contributed by atoms with Gasteiger partial charge < -0.3 is 14.6 Å². The Morgan fingerprint density at radius 2 is 1.79 bits per heavy atom. The van der Waals surface area contributed by atoms with Crippen molar-refractivity contribution in [2.24, 2.45) is 0 Å². The number of nitrogens with zero attached hydrogens (tertiary/aromatic N) is 1. The maximum atomic E-state index is 13.1. The lowest BCUT2D eigenvalue weighted by molar-refractivity contribution is -0.141. The summed E-state index contributed by atoms with van der Waals surface area (Å²) < 4.78 is 32.2. The fourth-order valence-corrected chi connectivity index (χ4v) is 4.35. The van der Waals surface area contributed by atoms with E-state index in [2.05, 4.69) is 10.1 Å². The van der Waals surface area contributed by atoms with Gasteiger partial charge in [-0.05, 0) is 30.3 Å². The van der Waals surface area contributed by atoms with Gasteiger partial charge in [0.05, 0.1) is 16.9 Å². The number of hydrogen-bond donors (Lipinski definition) is 1. The van der Waals surface area contributed by atoms with E-state index in [0.29, 0.717) is 15.9 Å². The van der Waals surface area contributed by atoms with Crippen molar-refractivity contribution in [2.45, 2.75) is 16.3 Å². The number of carbonyl (C=O) groups excluding carboxylic acids is 2. The minimum atomic E-state index is -3.81. The number of amides is 1. The van der Waals surface area contributed by atoms with Gasteiger partial charge in [-0.25, -0.2) is 8.42 Å². The number of aromatic nitrogens is 1. The molecule has 0 unspecified atom stereocenters. The Bertz CT molecular complexity index is 1140. The summed E-state index contributed by atoms with van der Waals surface area (Å²) in [4.78, 5) is 23.5. The first kappa shape index (κ1) is 19.9. The first-order valence-electron chi connectivity index (χ1n) is 8.25. The quantitative estimate of drug-likeness (QED) is 0.618. The van der Waals surface area contributed by atoms with E-state index in [0.717, 1.165) is 0 Å². The number of esters is 1. The van der Waals surface area contributed by atoms with Gasteiger partial charge in [0.1, 0.15) is 13.1 Å². The smallest absolute Gasteiger partial charge is 0.325 e. The second-order valence-corrected chi connectivity index (χ2v) is 8.30. The number of halogens is 1. The molecule has 0 saturated heterocycles. The molecule has 7 nitrogen and oxygen atoms in total. The lowest BCUT2D eigenvalue weighted by atomic mass is 10.2. The Morgan fingerprint density at radius 3 is 2.46 bits per heavy atom. The highest BCUT2D eigenvalue weighted by atomic mass is 35.5. The highest BCUT2D eigenvalue weighted by Crippen LogP contribution is 2.30. The average Bonchev–Trinajstić information content (AvgIpc) is 3.06. The van der Waals surface area contributed by atoms with E-state index in [9.17, 15) is 18.0 Å². The van der Waals surface area contributed by atoms with Gasteiger partial charge in [-0.2, -0.15) is 0 Å². The van der Waals surface area contributed by atoms with Gasteiger partial charge >= 0.3 is 5.97 Å². The third-order valence-electron chi connectivity index (χ3n) is 4.14. The van der Waals surface area contributed by atoms with Crippen LogP contribution in [0.1, 0.15) is 0 Å². The first-order chi connectivity index (χ1) is 13.3. The van der Waals surface area contributed by atoms with Crippen molar-refractivity contribution >= 4 is 44.2 Å². The van der Waals surface area contributed by atoms with E-state index in [1.807, 2.05) is 0 Å². The monoisotopic (exact) mass is 420 g/mol. The van der Waals surface area contributed by atoms with Crippen molar-refractivity contribution in [1.82, 2.24) is 9.88 Å². The predicted molar refractivity (Wildman–Crippen MR) is 104 cm³/mol. The Kier molecular flexibility index (Phi) is 5.71. The Hall–Kier alpha value is -2.84. The third-order valence-corrected chi connectivity index (χ3v) is 6.19. The Labute approximate surface area is 166 Å². The molecule has 3 rings (SSSR count). The van der Waals surface area contributed by atoms with Crippen LogP contribution < -0.4 is 5.32 Å². The van der Waals surface area contributed by atoms with Crippen molar-refractivity contribution in [3.63, 3.8) is 0 Å². The van der Waals surface area contributed by atoms with Crippen molar-refractivity contribution in [2.75, 3.05) is 13.7 Å². The standard InChI is InChI=1S/C19H17ClN2O5S/c1-27-19(24)10-21-18(23)12-22-11-17(15-4-2-3-5-16(15)22)28(25,26)14-8-6-13(20)7-9-14/h2-9,11H,10,12H2,1H3,(H,21,23). The highest BCUT2D eigenvalue weighted by molar-refractivity contribution is 7.91. The third kappa shape index (κ3) is 4.02. The van der Waals surface area contributed by atoms with Crippen molar-refractivity contribution in [1.29, 1.82) is 0 Å². The maximum absolute atomic E-state index is 13.1. The van der Waals surface area contributed by atoms with Crippen molar-refractivity contribution in [3.05, 3.63) is 59.8 Å². The molecule has 2 aromatic carbocycles. The molecule has 0 aliphatic heterocycles. The Morgan fingerprint density at radius 1 is 1.11 bits per heavy atom. The number of methoxy groups -OCH3 is 1. The lowest BCUT2D eigenvalue weighted by Crippen LogP contribution is -2.32. The van der Waals surface area contributed by atoms with Crippen LogP contribution in [-0.4, -0.2) is 38.5 Å². The van der Waals surface area contributed by atoms with Crippen LogP contribution in [0.4, 0.5) is 0 Å². The van der Waals surface area contributed by atoms with Gasteiger partial charge in [-0.3, -0.25) is 9.59 Å². The first-order valence-corrected chi connectivity index (χ1v) is 10.1. The second-order valence-electron chi connectivity index (χ2n) is 5.95. The van der Waals surface area contributed by atoms with E-state index < -0.39 is 21.7 Å². The zero-order valence-electron chi connectivity index (χ0n) is 14.9. The fourth-order valence-electron chi connectivity index (χ4n) is 2.75. The minimum absolute atomic E-state index is 0.0891. The summed E-state index contributed by atoms with van der Waals surface area (Å²) in [5, 5.41) is 3.37. The van der Waals surface area contributed by atoms with E-state index in [-0.39, 0.29) is 22.9 Å². The molecule has 0 fully saturated rings. The van der Waals surface area contributed by atoms with Crippen LogP contribution in [0, 0.1) is 0 Å². The fraction of sp³-hybridized carbons (Fsp3) is 0.158. The molecule has 1 N–H and O–H groups in total. The molecule has 0 atom stereocenters. The number of nitrogens with one attached hydrogen (secondary N) is 1. The zero-order chi connectivity index (χ0) is 20.3. The summed E-state index contributed by atoms with van der Waals surface area (Å²) in [6, 6.07) is 12.8. The molecule has 1 aromatic heterocycles. The normalized spacial score (nSPS) is 11.4. The SMILES string of the molecule is COC(=O)CNC(=O)Cn1cc(S(=O)(=O)c2ccc(Cl)cc2)c2ccccc21. The minimum Gasteiger partial charge on any atom is -0.468 e. The number of fused-ring (bicyclic) bond motifs is 1. The van der Waals surface area contributed by atoms with Gasteiger partial charge in [0.15, 0.2) is 0 Å². The largest absolute Gasteiger partial charge is 0.468 e. The van der Waals surface area contributed by atoms with E-state index in [4.69, 9.17) is 11.6 Å². The van der Waals surface area contributed by atoms with Crippen LogP contribution in [0.25, 0.3) is 10.9 Å². The molecule has 0 aliphatic rings. The maximum Gasteiger partial charge on any atom is 0.325 e. The number of ether oxygens (including phenoxy) is 1. The highest BCUT2D eigenvalue weighted by Gasteiger charge is 2.24. The molecule has 0 bridgehead atoms. The average molecular weight is 421 g/mol. The molecule has 0 saturated carbocycles. The molecule has 1 heterocycles. The van der Waals surface area contributed by atoms with Crippen LogP contribution >= 0.6 is 11.6 Å². The molecule has 0 radical (unpaired) electrons. The van der Waals surface area contributed by atoms with E-state index >= 15 is 0 Å². The molecule has 3 aromatic rings. The van der Waals surface area contributed by atoms with Gasteiger partial charge in [0.25, 0.3) is 0 Å². The van der Waals surface area contributed by atoms with Crippen LogP contribution in [0.15, 0.2) is 64.5 Å². The van der Waals surface area contributed by atoms with Gasteiger partial charge in [0.2, 0.25) is 15.7 Å². The molecular weight excluding hydrogens is 404 g/mol. The number of carbonyl (C=O) groups is 2. The summed E-state index contributed by atoms with van der Waals surface area (Å²) in [6.07, 6.45) is 1.42. The molecular formula is C19H17ClN2O5S. The van der Waals surface area contributed by atoms with Gasteiger partial charge in [0, 0.05) is 22.1 Å². The van der Waals surface area contributed by atoms with E-state index in [1.54, 1.807) is 24.3 Å². The molecule has 28 heavy (non-hydrogen) atoms. The summed E-state index contributed by atoms with van der Waals surface area (Å²) >= 11 is 5.85. The number of hydrogen-bond acceptors (Lipinski definition) is 5. The molecule has 146 valence electrons. The second kappa shape index (κ2) is 8.04. The van der Waals surface area contributed by atoms with Crippen LogP contribution in [0.3, 0.4) is 0 Å². The van der Waals surface area contributed by atoms with Gasteiger partial charge in [-0.1, -0.05) is 29.8 Å². The van der Waals surface area contributed by atoms with Crippen LogP contribution in [-0.2, 0) is 30.7 Å². The topological polar surface area (TPSA) is 94.5 Å². The summed E-state index contributed by atoms with van der Waals surface area (Å²) in [5.41, 5.74) is 0.586. The molecule has 9 heteroatoms. The van der Waals surface area contributed by atoms with Crippen molar-refractivity contribution < 1.29 is 22.7 Å². The number of sulfone groups is 1. The molecule has 0 spiro atoms. The summed E-state index contributed by atoms with van der Waals surface area (Å²) in [5.74, 6) is -1.02. The van der Waals surface area contributed by atoms with Crippen LogP contribution in [0.2, 0.25) is 5.02 Å². The van der Waals surface area contributed by atoms with Gasteiger partial charge in [-0.15, -0.1) is 0 Å². The number of rotatable bonds is 6. The Balaban J connectivity index is 1.98. The molecule has 0 aliphatic carbocycles.